The van der Waals surface area contributed by atoms with Crippen LogP contribution in [0, 0.1) is 0 Å². The first-order chi connectivity index (χ1) is 9.63. The van der Waals surface area contributed by atoms with Crippen LogP contribution in [0.2, 0.25) is 5.28 Å². The zero-order valence-corrected chi connectivity index (χ0v) is 12.0. The third-order valence-corrected chi connectivity index (χ3v) is 2.39. The molecule has 0 N–H and O–H groups in total. The summed E-state index contributed by atoms with van der Waals surface area (Å²) in [5, 5.41) is 0.0449. The summed E-state index contributed by atoms with van der Waals surface area (Å²) in [6.07, 6.45) is 2.35. The van der Waals surface area contributed by atoms with E-state index in [2.05, 4.69) is 19.9 Å². The average molecular weight is 295 g/mol. The van der Waals surface area contributed by atoms with Gasteiger partial charge in [-0.05, 0) is 37.6 Å². The first kappa shape index (κ1) is 14.5. The molecule has 7 heteroatoms. The van der Waals surface area contributed by atoms with E-state index in [0.29, 0.717) is 13.0 Å². The fourth-order valence-corrected chi connectivity index (χ4v) is 1.58. The zero-order valence-electron chi connectivity index (χ0n) is 11.3. The summed E-state index contributed by atoms with van der Waals surface area (Å²) in [6, 6.07) is 6.03. The van der Waals surface area contributed by atoms with Gasteiger partial charge in [0.1, 0.15) is 0 Å². The zero-order chi connectivity index (χ0) is 14.4. The van der Waals surface area contributed by atoms with E-state index >= 15 is 0 Å². The van der Waals surface area contributed by atoms with Crippen molar-refractivity contribution < 1.29 is 9.47 Å². The molecule has 0 bridgehead atoms. The van der Waals surface area contributed by atoms with Gasteiger partial charge in [0.05, 0.1) is 12.7 Å². The number of hydrogen-bond acceptors (Lipinski definition) is 6. The highest BCUT2D eigenvalue weighted by molar-refractivity contribution is 6.28. The quantitative estimate of drug-likeness (QED) is 0.814. The number of pyridine rings is 1. The van der Waals surface area contributed by atoms with Crippen LogP contribution < -0.4 is 9.47 Å². The summed E-state index contributed by atoms with van der Waals surface area (Å²) in [5.41, 5.74) is 0.936. The van der Waals surface area contributed by atoms with Gasteiger partial charge in [-0.1, -0.05) is 6.07 Å². The molecule has 6 nitrogen and oxygen atoms in total. The second-order valence-corrected chi connectivity index (χ2v) is 4.59. The Kier molecular flexibility index (Phi) is 5.06. The standard InChI is InChI=1S/C13H15ClN4O2/c1-9(2)20-13-17-11(14)16-12(18-13)19-8-6-10-5-3-4-7-15-10/h3-5,7,9H,6,8H2,1-2H3. The molecule has 0 unspecified atom stereocenters. The minimum absolute atomic E-state index is 0.0449. The summed E-state index contributed by atoms with van der Waals surface area (Å²) >= 11 is 5.79. The van der Waals surface area contributed by atoms with Gasteiger partial charge in [-0.2, -0.15) is 9.97 Å². The number of ether oxygens (including phenoxy) is 2. The van der Waals surface area contributed by atoms with Crippen molar-refractivity contribution in [2.45, 2.75) is 26.4 Å². The summed E-state index contributed by atoms with van der Waals surface area (Å²) in [5.74, 6) is 0. The lowest BCUT2D eigenvalue weighted by atomic mass is 10.3. The Morgan fingerprint density at radius 2 is 1.95 bits per heavy atom. The van der Waals surface area contributed by atoms with E-state index in [0.717, 1.165) is 5.69 Å². The smallest absolute Gasteiger partial charge is 0.324 e. The molecule has 2 aromatic heterocycles. The normalized spacial score (nSPS) is 10.6. The predicted molar refractivity (Wildman–Crippen MR) is 74.0 cm³/mol. The molecule has 0 fully saturated rings. The number of hydrogen-bond donors (Lipinski definition) is 0. The van der Waals surface area contributed by atoms with Gasteiger partial charge in [-0.15, -0.1) is 4.98 Å². The Morgan fingerprint density at radius 1 is 1.15 bits per heavy atom. The van der Waals surface area contributed by atoms with Crippen LogP contribution in [-0.2, 0) is 6.42 Å². The van der Waals surface area contributed by atoms with E-state index in [1.165, 1.54) is 0 Å². The van der Waals surface area contributed by atoms with Crippen molar-refractivity contribution in [3.05, 3.63) is 35.4 Å². The Hall–Kier alpha value is -1.95. The maximum absolute atomic E-state index is 5.79. The van der Waals surface area contributed by atoms with E-state index in [1.807, 2.05) is 32.0 Å². The molecule has 2 aromatic rings. The van der Waals surface area contributed by atoms with Crippen molar-refractivity contribution in [3.8, 4) is 12.0 Å². The molecule has 0 saturated heterocycles. The molecule has 106 valence electrons. The van der Waals surface area contributed by atoms with E-state index in [-0.39, 0.29) is 23.4 Å². The number of halogens is 1. The molecule has 0 radical (unpaired) electrons. The topological polar surface area (TPSA) is 70.0 Å². The van der Waals surface area contributed by atoms with E-state index in [4.69, 9.17) is 21.1 Å². The second-order valence-electron chi connectivity index (χ2n) is 4.26. The van der Waals surface area contributed by atoms with Crippen molar-refractivity contribution in [1.82, 2.24) is 19.9 Å². The highest BCUT2D eigenvalue weighted by atomic mass is 35.5. The van der Waals surface area contributed by atoms with Crippen molar-refractivity contribution >= 4 is 11.6 Å². The van der Waals surface area contributed by atoms with E-state index in [1.54, 1.807) is 6.20 Å². The molecule has 2 rings (SSSR count). The molecule has 0 saturated carbocycles. The van der Waals surface area contributed by atoms with Crippen molar-refractivity contribution in [2.75, 3.05) is 6.61 Å². The van der Waals surface area contributed by atoms with Crippen LogP contribution in [0.15, 0.2) is 24.4 Å². The first-order valence-corrected chi connectivity index (χ1v) is 6.62. The molecular weight excluding hydrogens is 280 g/mol. The SMILES string of the molecule is CC(C)Oc1nc(Cl)nc(OCCc2ccccn2)n1. The van der Waals surface area contributed by atoms with Crippen LogP contribution in [0.1, 0.15) is 19.5 Å². The number of aromatic nitrogens is 4. The van der Waals surface area contributed by atoms with Gasteiger partial charge in [0.2, 0.25) is 5.28 Å². The van der Waals surface area contributed by atoms with Crippen molar-refractivity contribution in [1.29, 1.82) is 0 Å². The monoisotopic (exact) mass is 294 g/mol. The van der Waals surface area contributed by atoms with Crippen LogP contribution >= 0.6 is 11.6 Å². The van der Waals surface area contributed by atoms with Gasteiger partial charge < -0.3 is 9.47 Å². The summed E-state index contributed by atoms with van der Waals surface area (Å²) < 4.78 is 10.8. The molecule has 20 heavy (non-hydrogen) atoms. The third-order valence-electron chi connectivity index (χ3n) is 2.22. The lowest BCUT2D eigenvalue weighted by Gasteiger charge is -2.09. The van der Waals surface area contributed by atoms with Crippen LogP contribution in [0.5, 0.6) is 12.0 Å². The highest BCUT2D eigenvalue weighted by Gasteiger charge is 2.08. The van der Waals surface area contributed by atoms with E-state index < -0.39 is 0 Å². The third kappa shape index (κ3) is 4.62. The van der Waals surface area contributed by atoms with Gasteiger partial charge in [0.25, 0.3) is 0 Å². The molecule has 0 aliphatic heterocycles. The molecule has 0 amide bonds. The maximum atomic E-state index is 5.79. The van der Waals surface area contributed by atoms with Gasteiger partial charge >= 0.3 is 12.0 Å². The Morgan fingerprint density at radius 3 is 2.65 bits per heavy atom. The average Bonchev–Trinajstić information content (AvgIpc) is 2.38. The minimum atomic E-state index is -0.0464. The van der Waals surface area contributed by atoms with Gasteiger partial charge in [0, 0.05) is 18.3 Å². The molecular formula is C13H15ClN4O2. The van der Waals surface area contributed by atoms with Crippen molar-refractivity contribution in [2.24, 2.45) is 0 Å². The largest absolute Gasteiger partial charge is 0.463 e. The molecule has 2 heterocycles. The van der Waals surface area contributed by atoms with Crippen LogP contribution in [0.25, 0.3) is 0 Å². The van der Waals surface area contributed by atoms with Crippen LogP contribution in [0.3, 0.4) is 0 Å². The Balaban J connectivity index is 1.93. The van der Waals surface area contributed by atoms with Crippen molar-refractivity contribution in [3.63, 3.8) is 0 Å². The summed E-state index contributed by atoms with van der Waals surface area (Å²) in [4.78, 5) is 16.0. The summed E-state index contributed by atoms with van der Waals surface area (Å²) in [7, 11) is 0. The van der Waals surface area contributed by atoms with Gasteiger partial charge in [-0.25, -0.2) is 0 Å². The van der Waals surface area contributed by atoms with Gasteiger partial charge in [-0.3, -0.25) is 4.98 Å². The van der Waals surface area contributed by atoms with Crippen LogP contribution in [0.4, 0.5) is 0 Å². The predicted octanol–water partition coefficient (Wildman–Crippen LogP) is 2.33. The molecule has 0 aliphatic carbocycles. The second kappa shape index (κ2) is 7.00. The van der Waals surface area contributed by atoms with Gasteiger partial charge in [0.15, 0.2) is 0 Å². The molecule has 0 aliphatic rings. The highest BCUT2D eigenvalue weighted by Crippen LogP contribution is 2.14. The fraction of sp³-hybridized carbons (Fsp3) is 0.385. The van der Waals surface area contributed by atoms with E-state index in [9.17, 15) is 0 Å². The Labute approximate surface area is 122 Å². The lowest BCUT2D eigenvalue weighted by Crippen LogP contribution is -2.11. The Bertz CT molecular complexity index is 551. The summed E-state index contributed by atoms with van der Waals surface area (Å²) in [6.45, 7) is 4.15. The minimum Gasteiger partial charge on any atom is -0.463 e. The lowest BCUT2D eigenvalue weighted by molar-refractivity contribution is 0.213. The molecule has 0 atom stereocenters. The number of rotatable bonds is 6. The first-order valence-electron chi connectivity index (χ1n) is 6.24. The fourth-order valence-electron chi connectivity index (χ4n) is 1.44. The van der Waals surface area contributed by atoms with Crippen LogP contribution in [-0.4, -0.2) is 32.6 Å². The number of nitrogens with zero attached hydrogens (tertiary/aromatic N) is 4. The molecule has 0 spiro atoms. The maximum Gasteiger partial charge on any atom is 0.324 e. The molecule has 0 aromatic carbocycles.